The van der Waals surface area contributed by atoms with Gasteiger partial charge in [0.25, 0.3) is 0 Å². The van der Waals surface area contributed by atoms with Gasteiger partial charge in [0.1, 0.15) is 11.5 Å². The Balaban J connectivity index is 2.60. The summed E-state index contributed by atoms with van der Waals surface area (Å²) in [5.41, 5.74) is 0.927. The molecule has 1 N–H and O–H groups in total. The van der Waals surface area contributed by atoms with Crippen molar-refractivity contribution >= 4 is 11.9 Å². The lowest BCUT2D eigenvalue weighted by atomic mass is 10.1. The van der Waals surface area contributed by atoms with E-state index in [0.717, 1.165) is 5.56 Å². The third kappa shape index (κ3) is 3.73. The van der Waals surface area contributed by atoms with Gasteiger partial charge in [-0.3, -0.25) is 4.79 Å². The molecule has 4 heteroatoms. The highest BCUT2D eigenvalue weighted by Gasteiger charge is 2.03. The van der Waals surface area contributed by atoms with E-state index in [4.69, 9.17) is 4.74 Å². The van der Waals surface area contributed by atoms with E-state index in [1.54, 1.807) is 24.3 Å². The zero-order chi connectivity index (χ0) is 12.0. The van der Waals surface area contributed by atoms with Gasteiger partial charge in [-0.05, 0) is 17.7 Å². The molecule has 0 heterocycles. The minimum Gasteiger partial charge on any atom is -0.410 e. The number of hydrogen-bond donors (Lipinski definition) is 1. The summed E-state index contributed by atoms with van der Waals surface area (Å²) in [7, 11) is 1.50. The van der Waals surface area contributed by atoms with Crippen LogP contribution < -0.4 is 10.1 Å². The third-order valence-electron chi connectivity index (χ3n) is 2.13. The molecular formula is C12H15NO3. The van der Waals surface area contributed by atoms with Crippen LogP contribution in [0.2, 0.25) is 0 Å². The van der Waals surface area contributed by atoms with Crippen LogP contribution in [0.5, 0.6) is 5.75 Å². The Morgan fingerprint density at radius 3 is 2.38 bits per heavy atom. The Hall–Kier alpha value is -1.84. The topological polar surface area (TPSA) is 55.4 Å². The van der Waals surface area contributed by atoms with Crippen LogP contribution in [0.25, 0.3) is 0 Å². The number of amides is 1. The zero-order valence-corrected chi connectivity index (χ0v) is 9.45. The summed E-state index contributed by atoms with van der Waals surface area (Å²) in [6.07, 6.45) is 0.463. The van der Waals surface area contributed by atoms with Gasteiger partial charge in [0.05, 0.1) is 0 Å². The van der Waals surface area contributed by atoms with Crippen LogP contribution >= 0.6 is 0 Å². The molecule has 0 spiro atoms. The predicted molar refractivity (Wildman–Crippen MR) is 60.5 cm³/mol. The number of ether oxygens (including phenoxy) is 1. The molecule has 0 radical (unpaired) electrons. The van der Waals surface area contributed by atoms with Crippen LogP contribution in [-0.4, -0.2) is 18.9 Å². The highest BCUT2D eigenvalue weighted by atomic mass is 16.5. The normalized spacial score (nSPS) is 9.62. The summed E-state index contributed by atoms with van der Waals surface area (Å²) in [5, 5.41) is 2.35. The van der Waals surface area contributed by atoms with Crippen LogP contribution in [-0.2, 0) is 11.2 Å². The fourth-order valence-electron chi connectivity index (χ4n) is 1.19. The van der Waals surface area contributed by atoms with Crippen molar-refractivity contribution in [2.75, 3.05) is 7.05 Å². The molecule has 0 aliphatic rings. The first-order valence-electron chi connectivity index (χ1n) is 5.16. The van der Waals surface area contributed by atoms with Gasteiger partial charge < -0.3 is 10.1 Å². The quantitative estimate of drug-likeness (QED) is 0.845. The number of benzene rings is 1. The van der Waals surface area contributed by atoms with Crippen molar-refractivity contribution in [3.63, 3.8) is 0 Å². The van der Waals surface area contributed by atoms with E-state index < -0.39 is 6.09 Å². The molecule has 86 valence electrons. The first-order valence-corrected chi connectivity index (χ1v) is 5.16. The lowest BCUT2D eigenvalue weighted by Gasteiger charge is -2.04. The van der Waals surface area contributed by atoms with Crippen molar-refractivity contribution in [2.45, 2.75) is 19.8 Å². The lowest BCUT2D eigenvalue weighted by Crippen LogP contribution is -2.21. The van der Waals surface area contributed by atoms with Gasteiger partial charge in [-0.2, -0.15) is 0 Å². The Kier molecular flexibility index (Phi) is 4.51. The van der Waals surface area contributed by atoms with E-state index in [0.29, 0.717) is 18.6 Å². The number of Topliss-reactive ketones (excluding diaryl/α,β-unsaturated/α-hetero) is 1. The number of rotatable bonds is 4. The van der Waals surface area contributed by atoms with Gasteiger partial charge in [0.15, 0.2) is 0 Å². The Labute approximate surface area is 94.6 Å². The molecule has 4 nitrogen and oxygen atoms in total. The molecular weight excluding hydrogens is 206 g/mol. The van der Waals surface area contributed by atoms with Gasteiger partial charge in [0.2, 0.25) is 0 Å². The summed E-state index contributed by atoms with van der Waals surface area (Å²) >= 11 is 0. The summed E-state index contributed by atoms with van der Waals surface area (Å²) in [4.78, 5) is 22.1. The van der Waals surface area contributed by atoms with Crippen LogP contribution in [0, 0.1) is 0 Å². The minimum atomic E-state index is -0.502. The molecule has 1 aromatic carbocycles. The van der Waals surface area contributed by atoms with Crippen molar-refractivity contribution in [3.8, 4) is 5.75 Å². The molecule has 0 aliphatic carbocycles. The van der Waals surface area contributed by atoms with Gasteiger partial charge in [-0.1, -0.05) is 19.1 Å². The predicted octanol–water partition coefficient (Wildman–Crippen LogP) is 1.93. The highest BCUT2D eigenvalue weighted by molar-refractivity contribution is 5.80. The SMILES string of the molecule is CCC(=O)Cc1ccc(OC(=O)NC)cc1. The van der Waals surface area contributed by atoms with Gasteiger partial charge >= 0.3 is 6.09 Å². The molecule has 0 aromatic heterocycles. The fourth-order valence-corrected chi connectivity index (χ4v) is 1.19. The van der Waals surface area contributed by atoms with E-state index in [1.165, 1.54) is 7.05 Å². The molecule has 0 saturated heterocycles. The second kappa shape index (κ2) is 5.90. The number of hydrogen-bond acceptors (Lipinski definition) is 3. The lowest BCUT2D eigenvalue weighted by molar-refractivity contribution is -0.118. The molecule has 1 rings (SSSR count). The minimum absolute atomic E-state index is 0.194. The van der Waals surface area contributed by atoms with Gasteiger partial charge in [0, 0.05) is 19.9 Å². The van der Waals surface area contributed by atoms with Gasteiger partial charge in [-0.15, -0.1) is 0 Å². The second-order valence-electron chi connectivity index (χ2n) is 3.35. The summed E-state index contributed by atoms with van der Waals surface area (Å²) < 4.78 is 4.91. The van der Waals surface area contributed by atoms with E-state index in [1.807, 2.05) is 6.92 Å². The van der Waals surface area contributed by atoms with Crippen LogP contribution in [0.1, 0.15) is 18.9 Å². The monoisotopic (exact) mass is 221 g/mol. The summed E-state index contributed by atoms with van der Waals surface area (Å²) in [5.74, 6) is 0.659. The maximum absolute atomic E-state index is 11.2. The van der Waals surface area contributed by atoms with Crippen molar-refractivity contribution in [3.05, 3.63) is 29.8 Å². The molecule has 1 amide bonds. The van der Waals surface area contributed by atoms with Crippen molar-refractivity contribution < 1.29 is 14.3 Å². The molecule has 16 heavy (non-hydrogen) atoms. The van der Waals surface area contributed by atoms with E-state index >= 15 is 0 Å². The number of ketones is 1. The molecule has 0 aliphatic heterocycles. The van der Waals surface area contributed by atoms with Gasteiger partial charge in [-0.25, -0.2) is 4.79 Å². The maximum atomic E-state index is 11.2. The average Bonchev–Trinajstić information content (AvgIpc) is 2.31. The van der Waals surface area contributed by atoms with E-state index in [9.17, 15) is 9.59 Å². The first-order chi connectivity index (χ1) is 7.65. The molecule has 0 bridgehead atoms. The molecule has 1 aromatic rings. The molecule has 0 atom stereocenters. The standard InChI is InChI=1S/C12H15NO3/c1-3-10(14)8-9-4-6-11(7-5-9)16-12(15)13-2/h4-7H,3,8H2,1-2H3,(H,13,15). The third-order valence-corrected chi connectivity index (χ3v) is 2.13. The zero-order valence-electron chi connectivity index (χ0n) is 9.45. The molecule has 0 saturated carbocycles. The Bertz CT molecular complexity index is 333. The number of nitrogens with one attached hydrogen (secondary N) is 1. The smallest absolute Gasteiger partial charge is 0.410 e. The van der Waals surface area contributed by atoms with E-state index in [2.05, 4.69) is 5.32 Å². The van der Waals surface area contributed by atoms with Crippen LogP contribution in [0.3, 0.4) is 0 Å². The Morgan fingerprint density at radius 2 is 1.88 bits per heavy atom. The van der Waals surface area contributed by atoms with Crippen molar-refractivity contribution in [2.24, 2.45) is 0 Å². The maximum Gasteiger partial charge on any atom is 0.412 e. The average molecular weight is 221 g/mol. The largest absolute Gasteiger partial charge is 0.412 e. The fraction of sp³-hybridized carbons (Fsp3) is 0.333. The summed E-state index contributed by atoms with van der Waals surface area (Å²) in [6, 6.07) is 6.92. The first kappa shape index (κ1) is 12.2. The van der Waals surface area contributed by atoms with Crippen LogP contribution in [0.4, 0.5) is 4.79 Å². The molecule has 0 unspecified atom stereocenters. The molecule has 0 fully saturated rings. The van der Waals surface area contributed by atoms with Crippen molar-refractivity contribution in [1.82, 2.24) is 5.32 Å². The van der Waals surface area contributed by atoms with Crippen molar-refractivity contribution in [1.29, 1.82) is 0 Å². The number of carbonyl (C=O) groups is 2. The second-order valence-corrected chi connectivity index (χ2v) is 3.35. The van der Waals surface area contributed by atoms with E-state index in [-0.39, 0.29) is 5.78 Å². The van der Waals surface area contributed by atoms with Crippen LogP contribution in [0.15, 0.2) is 24.3 Å². The highest BCUT2D eigenvalue weighted by Crippen LogP contribution is 2.13. The Morgan fingerprint density at radius 1 is 1.25 bits per heavy atom. The number of carbonyl (C=O) groups excluding carboxylic acids is 2. The summed E-state index contributed by atoms with van der Waals surface area (Å²) in [6.45, 7) is 1.84.